The summed E-state index contributed by atoms with van der Waals surface area (Å²) in [5, 5.41) is 11.6. The predicted octanol–water partition coefficient (Wildman–Crippen LogP) is 2.14. The van der Waals surface area contributed by atoms with Gasteiger partial charge in [-0.25, -0.2) is 0 Å². The van der Waals surface area contributed by atoms with Crippen molar-refractivity contribution in [2.75, 3.05) is 0 Å². The first-order valence-corrected chi connectivity index (χ1v) is 6.45. The molecule has 1 unspecified atom stereocenters. The number of aryl methyl sites for hydroxylation is 2. The van der Waals surface area contributed by atoms with Gasteiger partial charge in [-0.05, 0) is 46.8 Å². The van der Waals surface area contributed by atoms with Crippen molar-refractivity contribution in [3.63, 3.8) is 0 Å². The molecule has 96 valence electrons. The number of thiocarbonyl (C=S) groups is 1. The van der Waals surface area contributed by atoms with E-state index in [9.17, 15) is 0 Å². The van der Waals surface area contributed by atoms with Crippen LogP contribution in [-0.2, 0) is 6.54 Å². The molecule has 0 saturated carbocycles. The first-order chi connectivity index (χ1) is 7.93. The standard InChI is InChI=1S/C12H22N4S/c1-6-16-7-11(10(5)15-16)9(4)14-12(17)13-8(2)3/h7-9H,6H2,1-5H3,(H2,13,14,17). The van der Waals surface area contributed by atoms with Gasteiger partial charge in [0.25, 0.3) is 0 Å². The molecule has 0 aliphatic carbocycles. The van der Waals surface area contributed by atoms with Crippen LogP contribution in [0.3, 0.4) is 0 Å². The first-order valence-electron chi connectivity index (χ1n) is 6.05. The summed E-state index contributed by atoms with van der Waals surface area (Å²) >= 11 is 5.24. The molecule has 17 heavy (non-hydrogen) atoms. The van der Waals surface area contributed by atoms with Gasteiger partial charge in [0.2, 0.25) is 0 Å². The van der Waals surface area contributed by atoms with Crippen LogP contribution in [0.25, 0.3) is 0 Å². The number of nitrogens with one attached hydrogen (secondary N) is 2. The normalized spacial score (nSPS) is 12.6. The van der Waals surface area contributed by atoms with Gasteiger partial charge in [0, 0.05) is 24.3 Å². The minimum absolute atomic E-state index is 0.175. The van der Waals surface area contributed by atoms with Crippen LogP contribution in [0.5, 0.6) is 0 Å². The van der Waals surface area contributed by atoms with Crippen LogP contribution in [-0.4, -0.2) is 20.9 Å². The molecule has 1 aromatic rings. The first kappa shape index (κ1) is 14.0. The van der Waals surface area contributed by atoms with E-state index in [0.29, 0.717) is 11.2 Å². The van der Waals surface area contributed by atoms with E-state index in [4.69, 9.17) is 12.2 Å². The van der Waals surface area contributed by atoms with Crippen molar-refractivity contribution in [3.8, 4) is 0 Å². The molecule has 0 saturated heterocycles. The Morgan fingerprint density at radius 2 is 2.06 bits per heavy atom. The molecule has 2 N–H and O–H groups in total. The summed E-state index contributed by atoms with van der Waals surface area (Å²) in [6, 6.07) is 0.524. The Labute approximate surface area is 109 Å². The summed E-state index contributed by atoms with van der Waals surface area (Å²) in [5.41, 5.74) is 2.25. The molecule has 0 bridgehead atoms. The van der Waals surface area contributed by atoms with Gasteiger partial charge < -0.3 is 10.6 Å². The van der Waals surface area contributed by atoms with Crippen molar-refractivity contribution >= 4 is 17.3 Å². The van der Waals surface area contributed by atoms with Crippen LogP contribution in [0.4, 0.5) is 0 Å². The molecule has 0 aliphatic heterocycles. The van der Waals surface area contributed by atoms with E-state index in [1.54, 1.807) is 0 Å². The molecule has 5 heteroatoms. The second kappa shape index (κ2) is 6.00. The summed E-state index contributed by atoms with van der Waals surface area (Å²) < 4.78 is 1.95. The van der Waals surface area contributed by atoms with E-state index in [1.807, 2.05) is 11.6 Å². The lowest BCUT2D eigenvalue weighted by Gasteiger charge is -2.18. The minimum Gasteiger partial charge on any atom is -0.361 e. The van der Waals surface area contributed by atoms with Gasteiger partial charge >= 0.3 is 0 Å². The molecule has 4 nitrogen and oxygen atoms in total. The summed E-state index contributed by atoms with van der Waals surface area (Å²) in [5.74, 6) is 0. The monoisotopic (exact) mass is 254 g/mol. The molecule has 0 radical (unpaired) electrons. The van der Waals surface area contributed by atoms with Crippen molar-refractivity contribution < 1.29 is 0 Å². The quantitative estimate of drug-likeness (QED) is 0.808. The van der Waals surface area contributed by atoms with E-state index >= 15 is 0 Å². The van der Waals surface area contributed by atoms with E-state index in [2.05, 4.69) is 49.6 Å². The summed E-state index contributed by atoms with van der Waals surface area (Å²) in [6.45, 7) is 11.2. The van der Waals surface area contributed by atoms with E-state index in [1.165, 1.54) is 5.56 Å². The molecular weight excluding hydrogens is 232 g/mol. The van der Waals surface area contributed by atoms with Crippen molar-refractivity contribution in [2.45, 2.75) is 53.2 Å². The average Bonchev–Trinajstić information content (AvgIpc) is 2.58. The van der Waals surface area contributed by atoms with Gasteiger partial charge in [0.05, 0.1) is 11.7 Å². The molecular formula is C12H22N4S. The Kier molecular flexibility index (Phi) is 4.93. The summed E-state index contributed by atoms with van der Waals surface area (Å²) in [6.07, 6.45) is 2.07. The molecule has 0 aliphatic rings. The number of hydrogen-bond acceptors (Lipinski definition) is 2. The van der Waals surface area contributed by atoms with Crippen LogP contribution in [0, 0.1) is 6.92 Å². The van der Waals surface area contributed by atoms with Gasteiger partial charge in [-0.2, -0.15) is 5.10 Å². The molecule has 1 aromatic heterocycles. The zero-order chi connectivity index (χ0) is 13.0. The fourth-order valence-electron chi connectivity index (χ4n) is 1.70. The number of nitrogens with zero attached hydrogens (tertiary/aromatic N) is 2. The molecule has 1 rings (SSSR count). The average molecular weight is 254 g/mol. The fourth-order valence-corrected chi connectivity index (χ4v) is 2.11. The zero-order valence-corrected chi connectivity index (χ0v) is 12.1. The van der Waals surface area contributed by atoms with Gasteiger partial charge in [-0.1, -0.05) is 0 Å². The third-order valence-corrected chi connectivity index (χ3v) is 2.78. The maximum Gasteiger partial charge on any atom is 0.166 e. The molecule has 0 fully saturated rings. The van der Waals surface area contributed by atoms with Crippen molar-refractivity contribution in [2.24, 2.45) is 0 Å². The Morgan fingerprint density at radius 3 is 2.53 bits per heavy atom. The van der Waals surface area contributed by atoms with Gasteiger partial charge in [-0.15, -0.1) is 0 Å². The smallest absolute Gasteiger partial charge is 0.166 e. The second-order valence-electron chi connectivity index (χ2n) is 4.52. The predicted molar refractivity (Wildman–Crippen MR) is 75.1 cm³/mol. The third kappa shape index (κ3) is 4.00. The van der Waals surface area contributed by atoms with E-state index in [0.717, 1.165) is 12.2 Å². The van der Waals surface area contributed by atoms with Crippen molar-refractivity contribution in [3.05, 3.63) is 17.5 Å². The third-order valence-electron chi connectivity index (χ3n) is 2.54. The highest BCUT2D eigenvalue weighted by Gasteiger charge is 2.13. The maximum absolute atomic E-state index is 5.24. The molecule has 0 amide bonds. The SMILES string of the molecule is CCn1cc(C(C)NC(=S)NC(C)C)c(C)n1. The lowest BCUT2D eigenvalue weighted by molar-refractivity contribution is 0.648. The lowest BCUT2D eigenvalue weighted by Crippen LogP contribution is -2.40. The van der Waals surface area contributed by atoms with Crippen LogP contribution in [0.15, 0.2) is 6.20 Å². The Hall–Kier alpha value is -1.10. The van der Waals surface area contributed by atoms with Crippen LogP contribution < -0.4 is 10.6 Å². The topological polar surface area (TPSA) is 41.9 Å². The lowest BCUT2D eigenvalue weighted by atomic mass is 10.1. The van der Waals surface area contributed by atoms with Crippen molar-refractivity contribution in [1.82, 2.24) is 20.4 Å². The Bertz CT molecular complexity index is 384. The molecule has 0 aromatic carbocycles. The number of aromatic nitrogens is 2. The Balaban J connectivity index is 2.65. The highest BCUT2D eigenvalue weighted by molar-refractivity contribution is 7.80. The molecule has 1 atom stereocenters. The largest absolute Gasteiger partial charge is 0.361 e. The molecule has 1 heterocycles. The summed E-state index contributed by atoms with van der Waals surface area (Å²) in [4.78, 5) is 0. The van der Waals surface area contributed by atoms with Gasteiger partial charge in [-0.3, -0.25) is 4.68 Å². The van der Waals surface area contributed by atoms with Gasteiger partial charge in [0.1, 0.15) is 0 Å². The van der Waals surface area contributed by atoms with Gasteiger partial charge in [0.15, 0.2) is 5.11 Å². The van der Waals surface area contributed by atoms with Crippen LogP contribution >= 0.6 is 12.2 Å². The number of rotatable bonds is 4. The molecule has 0 spiro atoms. The summed E-state index contributed by atoms with van der Waals surface area (Å²) in [7, 11) is 0. The zero-order valence-electron chi connectivity index (χ0n) is 11.2. The van der Waals surface area contributed by atoms with E-state index in [-0.39, 0.29) is 6.04 Å². The number of hydrogen-bond donors (Lipinski definition) is 2. The highest BCUT2D eigenvalue weighted by Crippen LogP contribution is 2.15. The maximum atomic E-state index is 5.24. The van der Waals surface area contributed by atoms with Crippen LogP contribution in [0.2, 0.25) is 0 Å². The van der Waals surface area contributed by atoms with Crippen molar-refractivity contribution in [1.29, 1.82) is 0 Å². The highest BCUT2D eigenvalue weighted by atomic mass is 32.1. The van der Waals surface area contributed by atoms with E-state index < -0.39 is 0 Å². The van der Waals surface area contributed by atoms with Crippen LogP contribution in [0.1, 0.15) is 45.0 Å². The Morgan fingerprint density at radius 1 is 1.41 bits per heavy atom. The fraction of sp³-hybridized carbons (Fsp3) is 0.667. The second-order valence-corrected chi connectivity index (χ2v) is 4.93. The minimum atomic E-state index is 0.175.